The summed E-state index contributed by atoms with van der Waals surface area (Å²) in [6.45, 7) is -0.473. The molecule has 4 aromatic heterocycles. The monoisotopic (exact) mass is 462 g/mol. The Labute approximate surface area is 182 Å². The molecule has 11 heteroatoms. The zero-order valence-corrected chi connectivity index (χ0v) is 18.1. The van der Waals surface area contributed by atoms with Crippen molar-refractivity contribution >= 4 is 67.4 Å². The molecule has 0 radical (unpaired) electrons. The third-order valence-electron chi connectivity index (χ3n) is 3.51. The average molecular weight is 463 g/mol. The van der Waals surface area contributed by atoms with E-state index in [4.69, 9.17) is 4.74 Å². The number of hydrogen-bond acceptors (Lipinski definition) is 9. The van der Waals surface area contributed by atoms with Gasteiger partial charge in [0.05, 0.1) is 21.1 Å². The summed E-state index contributed by atoms with van der Waals surface area (Å²) in [4.78, 5) is 34.8. The Morgan fingerprint density at radius 1 is 0.793 bits per heavy atom. The van der Waals surface area contributed by atoms with Gasteiger partial charge in [-0.1, -0.05) is 12.1 Å². The van der Waals surface area contributed by atoms with E-state index in [1.807, 2.05) is 45.8 Å². The first-order valence-corrected chi connectivity index (χ1v) is 11.9. The summed E-state index contributed by atoms with van der Waals surface area (Å²) >= 11 is 5.85. The Kier molecular flexibility index (Phi) is 6.42. The third-order valence-corrected chi connectivity index (χ3v) is 6.81. The van der Waals surface area contributed by atoms with E-state index in [9.17, 15) is 9.59 Å². The van der Waals surface area contributed by atoms with Gasteiger partial charge in [0.25, 0.3) is 11.8 Å². The van der Waals surface area contributed by atoms with Gasteiger partial charge in [-0.15, -0.1) is 45.3 Å². The molecule has 0 spiro atoms. The van der Waals surface area contributed by atoms with Crippen molar-refractivity contribution in [3.8, 4) is 21.1 Å². The second-order valence-corrected chi connectivity index (χ2v) is 9.23. The smallest absolute Gasteiger partial charge is 0.252 e. The minimum atomic E-state index is -0.362. The number of thiophene rings is 2. The van der Waals surface area contributed by atoms with Crippen LogP contribution in [-0.2, 0) is 14.3 Å². The summed E-state index contributed by atoms with van der Waals surface area (Å²) in [5.74, 6) is -0.724. The molecule has 0 aliphatic heterocycles. The fourth-order valence-electron chi connectivity index (χ4n) is 2.28. The van der Waals surface area contributed by atoms with Gasteiger partial charge in [-0.3, -0.25) is 20.2 Å². The number of aromatic nitrogens is 2. The van der Waals surface area contributed by atoms with Crippen LogP contribution in [0.5, 0.6) is 0 Å². The Hall–Kier alpha value is -2.44. The maximum absolute atomic E-state index is 12.0. The molecule has 2 N–H and O–H groups in total. The lowest BCUT2D eigenvalue weighted by Crippen LogP contribution is -2.23. The minimum absolute atomic E-state index is 0.236. The van der Waals surface area contributed by atoms with E-state index in [-0.39, 0.29) is 25.0 Å². The Bertz CT molecular complexity index is 1000. The lowest BCUT2D eigenvalue weighted by Gasteiger charge is -2.04. The molecule has 0 unspecified atom stereocenters. The fraction of sp³-hybridized carbons (Fsp3) is 0.111. The summed E-state index contributed by atoms with van der Waals surface area (Å²) in [5.41, 5.74) is 1.65. The lowest BCUT2D eigenvalue weighted by molar-refractivity contribution is -0.125. The summed E-state index contributed by atoms with van der Waals surface area (Å²) in [6, 6.07) is 7.84. The van der Waals surface area contributed by atoms with Gasteiger partial charge in [-0.2, -0.15) is 0 Å². The summed E-state index contributed by atoms with van der Waals surface area (Å²) in [6.07, 6.45) is 0. The lowest BCUT2D eigenvalue weighted by atomic mass is 10.4. The third kappa shape index (κ3) is 5.34. The van der Waals surface area contributed by atoms with Crippen molar-refractivity contribution in [2.45, 2.75) is 0 Å². The molecule has 4 heterocycles. The van der Waals surface area contributed by atoms with Crippen LogP contribution in [0.3, 0.4) is 0 Å². The maximum atomic E-state index is 12.0. The predicted octanol–water partition coefficient (Wildman–Crippen LogP) is 4.65. The van der Waals surface area contributed by atoms with Gasteiger partial charge in [0.15, 0.2) is 10.3 Å². The summed E-state index contributed by atoms with van der Waals surface area (Å²) < 4.78 is 5.19. The summed E-state index contributed by atoms with van der Waals surface area (Å²) in [5, 5.41) is 14.1. The molecule has 0 saturated carbocycles. The Morgan fingerprint density at radius 2 is 1.28 bits per heavy atom. The minimum Gasteiger partial charge on any atom is -0.362 e. The molecule has 0 aromatic carbocycles. The van der Waals surface area contributed by atoms with Crippen molar-refractivity contribution in [2.24, 2.45) is 0 Å². The normalized spacial score (nSPS) is 10.8. The Balaban J connectivity index is 1.20. The number of carbonyl (C=O) groups excluding carboxylic acids is 2. The predicted molar refractivity (Wildman–Crippen MR) is 119 cm³/mol. The SMILES string of the molecule is O=C(COCC(=O)Nc1nc(-c2cccs2)cs1)Nc1nc(-c2cccs2)cs1. The van der Waals surface area contributed by atoms with Crippen molar-refractivity contribution in [3.63, 3.8) is 0 Å². The number of anilines is 2. The van der Waals surface area contributed by atoms with E-state index < -0.39 is 0 Å². The average Bonchev–Trinajstić information content (AvgIpc) is 3.47. The van der Waals surface area contributed by atoms with E-state index in [0.717, 1.165) is 21.1 Å². The molecule has 0 atom stereocenters. The van der Waals surface area contributed by atoms with Gasteiger partial charge in [-0.05, 0) is 22.9 Å². The highest BCUT2D eigenvalue weighted by atomic mass is 32.1. The first-order chi connectivity index (χ1) is 14.2. The van der Waals surface area contributed by atoms with Crippen LogP contribution < -0.4 is 10.6 Å². The summed E-state index contributed by atoms with van der Waals surface area (Å²) in [7, 11) is 0. The van der Waals surface area contributed by atoms with Gasteiger partial charge in [0, 0.05) is 10.8 Å². The number of nitrogens with one attached hydrogen (secondary N) is 2. The molecule has 7 nitrogen and oxygen atoms in total. The maximum Gasteiger partial charge on any atom is 0.252 e. The number of hydrogen-bond donors (Lipinski definition) is 2. The molecule has 4 rings (SSSR count). The highest BCUT2D eigenvalue weighted by molar-refractivity contribution is 7.16. The quantitative estimate of drug-likeness (QED) is 0.398. The van der Waals surface area contributed by atoms with Crippen molar-refractivity contribution < 1.29 is 14.3 Å². The highest BCUT2D eigenvalue weighted by Crippen LogP contribution is 2.29. The molecule has 0 fully saturated rings. The number of ether oxygens (including phenoxy) is 1. The second kappa shape index (κ2) is 9.37. The first-order valence-electron chi connectivity index (χ1n) is 8.33. The Morgan fingerprint density at radius 3 is 1.69 bits per heavy atom. The van der Waals surface area contributed by atoms with E-state index in [1.165, 1.54) is 22.7 Å². The molecule has 0 saturated heterocycles. The number of carbonyl (C=O) groups is 2. The standard InChI is InChI=1S/C18H14N4O3S4/c23-15(21-17-19-11(9-28-17)13-3-1-5-26-13)7-25-8-16(24)22-18-20-12(10-29-18)14-4-2-6-27-14/h1-6,9-10H,7-8H2,(H,19,21,23)(H,20,22,24). The van der Waals surface area contributed by atoms with Crippen LogP contribution in [0.1, 0.15) is 0 Å². The van der Waals surface area contributed by atoms with Gasteiger partial charge in [0.1, 0.15) is 13.2 Å². The number of amides is 2. The van der Waals surface area contributed by atoms with Crippen LogP contribution in [-0.4, -0.2) is 35.0 Å². The zero-order chi connectivity index (χ0) is 20.1. The number of rotatable bonds is 8. The number of nitrogens with zero attached hydrogens (tertiary/aromatic N) is 2. The molecule has 2 amide bonds. The van der Waals surface area contributed by atoms with Gasteiger partial charge in [0.2, 0.25) is 0 Å². The van der Waals surface area contributed by atoms with Gasteiger partial charge >= 0.3 is 0 Å². The van der Waals surface area contributed by atoms with Crippen LogP contribution in [0.2, 0.25) is 0 Å². The molecule has 0 aliphatic rings. The van der Waals surface area contributed by atoms with Crippen molar-refractivity contribution in [3.05, 3.63) is 45.8 Å². The van der Waals surface area contributed by atoms with E-state index in [2.05, 4.69) is 20.6 Å². The first kappa shape index (κ1) is 19.9. The van der Waals surface area contributed by atoms with Crippen LogP contribution in [0, 0.1) is 0 Å². The van der Waals surface area contributed by atoms with Crippen LogP contribution in [0.25, 0.3) is 21.1 Å². The number of thiazole rings is 2. The highest BCUT2D eigenvalue weighted by Gasteiger charge is 2.12. The molecular weight excluding hydrogens is 448 g/mol. The molecule has 148 valence electrons. The second-order valence-electron chi connectivity index (χ2n) is 5.62. The molecule has 0 aliphatic carbocycles. The largest absolute Gasteiger partial charge is 0.362 e. The molecule has 4 aromatic rings. The zero-order valence-electron chi connectivity index (χ0n) is 14.8. The van der Waals surface area contributed by atoms with Crippen LogP contribution in [0.15, 0.2) is 45.8 Å². The molecular formula is C18H14N4O3S4. The van der Waals surface area contributed by atoms with Crippen molar-refractivity contribution in [1.29, 1.82) is 0 Å². The molecule has 0 bridgehead atoms. The van der Waals surface area contributed by atoms with Gasteiger partial charge < -0.3 is 4.74 Å². The van der Waals surface area contributed by atoms with Crippen LogP contribution in [0.4, 0.5) is 10.3 Å². The topological polar surface area (TPSA) is 93.2 Å². The van der Waals surface area contributed by atoms with Crippen molar-refractivity contribution in [2.75, 3.05) is 23.8 Å². The fourth-order valence-corrected chi connectivity index (χ4v) is 5.26. The van der Waals surface area contributed by atoms with E-state index in [1.54, 1.807) is 22.7 Å². The van der Waals surface area contributed by atoms with E-state index >= 15 is 0 Å². The van der Waals surface area contributed by atoms with E-state index in [0.29, 0.717) is 10.3 Å². The molecule has 29 heavy (non-hydrogen) atoms. The van der Waals surface area contributed by atoms with Crippen LogP contribution >= 0.6 is 45.3 Å². The van der Waals surface area contributed by atoms with Crippen molar-refractivity contribution in [1.82, 2.24) is 9.97 Å². The van der Waals surface area contributed by atoms with Gasteiger partial charge in [-0.25, -0.2) is 9.97 Å².